The first-order valence-electron chi connectivity index (χ1n) is 5.30. The van der Waals surface area contributed by atoms with Crippen LogP contribution in [0, 0.1) is 5.92 Å². The second-order valence-electron chi connectivity index (χ2n) is 3.96. The number of oxime groups is 1. The summed E-state index contributed by atoms with van der Waals surface area (Å²) >= 11 is 0. The number of ether oxygens (including phenoxy) is 1. The largest absolute Gasteiger partial charge is 0.393 e. The van der Waals surface area contributed by atoms with Gasteiger partial charge in [-0.3, -0.25) is 4.90 Å². The van der Waals surface area contributed by atoms with E-state index in [1.165, 1.54) is 31.6 Å². The first-order chi connectivity index (χ1) is 6.90. The molecule has 3 heterocycles. The monoisotopic (exact) mass is 198 g/mol. The highest BCUT2D eigenvalue weighted by Gasteiger charge is 2.31. The molecule has 0 radical (unpaired) electrons. The van der Waals surface area contributed by atoms with Gasteiger partial charge in [0.05, 0.1) is 12.3 Å². The molecule has 3 aliphatic heterocycles. The smallest absolute Gasteiger partial charge is 0.140 e. The van der Waals surface area contributed by atoms with Crippen molar-refractivity contribution in [2.24, 2.45) is 11.1 Å². The molecule has 3 fully saturated rings. The van der Waals surface area contributed by atoms with Crippen LogP contribution in [0.2, 0.25) is 0 Å². The summed E-state index contributed by atoms with van der Waals surface area (Å²) in [7, 11) is 1.67. The molecular weight excluding hydrogens is 180 g/mol. The van der Waals surface area contributed by atoms with Gasteiger partial charge in [0.25, 0.3) is 0 Å². The van der Waals surface area contributed by atoms with Crippen molar-refractivity contribution in [1.29, 1.82) is 0 Å². The van der Waals surface area contributed by atoms with Crippen molar-refractivity contribution in [2.75, 3.05) is 40.0 Å². The Balaban J connectivity index is 1.79. The van der Waals surface area contributed by atoms with E-state index in [2.05, 4.69) is 10.1 Å². The molecule has 0 aliphatic carbocycles. The average Bonchev–Trinajstić information content (AvgIpc) is 2.26. The number of piperidine rings is 3. The van der Waals surface area contributed by atoms with Crippen molar-refractivity contribution < 1.29 is 9.57 Å². The maximum Gasteiger partial charge on any atom is 0.140 e. The van der Waals surface area contributed by atoms with Gasteiger partial charge in [0.15, 0.2) is 0 Å². The van der Waals surface area contributed by atoms with Gasteiger partial charge in [-0.15, -0.1) is 0 Å². The fourth-order valence-corrected chi connectivity index (χ4v) is 2.14. The molecule has 0 saturated carbocycles. The van der Waals surface area contributed by atoms with Gasteiger partial charge in [-0.05, 0) is 25.9 Å². The minimum atomic E-state index is 0.562. The van der Waals surface area contributed by atoms with Gasteiger partial charge in [-0.2, -0.15) is 0 Å². The molecule has 0 aromatic heterocycles. The Bertz CT molecular complexity index is 210. The third-order valence-electron chi connectivity index (χ3n) is 3.00. The highest BCUT2D eigenvalue weighted by atomic mass is 16.6. The highest BCUT2D eigenvalue weighted by molar-refractivity contribution is 5.89. The van der Waals surface area contributed by atoms with Crippen LogP contribution in [-0.4, -0.2) is 50.6 Å². The van der Waals surface area contributed by atoms with Crippen LogP contribution in [0.15, 0.2) is 5.16 Å². The van der Waals surface area contributed by atoms with E-state index in [1.54, 1.807) is 7.11 Å². The first-order valence-corrected chi connectivity index (χ1v) is 5.30. The Morgan fingerprint density at radius 2 is 2.14 bits per heavy atom. The zero-order valence-electron chi connectivity index (χ0n) is 8.74. The van der Waals surface area contributed by atoms with E-state index in [4.69, 9.17) is 9.57 Å². The Labute approximate surface area is 84.8 Å². The number of fused-ring (bicyclic) bond motifs is 3. The molecule has 0 amide bonds. The summed E-state index contributed by atoms with van der Waals surface area (Å²) in [5, 5.41) is 4.20. The van der Waals surface area contributed by atoms with Gasteiger partial charge in [0.2, 0.25) is 0 Å². The highest BCUT2D eigenvalue weighted by Crippen LogP contribution is 2.25. The third kappa shape index (κ3) is 2.25. The van der Waals surface area contributed by atoms with E-state index in [0.29, 0.717) is 19.1 Å². The molecule has 80 valence electrons. The molecule has 0 aromatic rings. The van der Waals surface area contributed by atoms with Crippen molar-refractivity contribution in [3.05, 3.63) is 0 Å². The van der Waals surface area contributed by atoms with Crippen LogP contribution >= 0.6 is 0 Å². The van der Waals surface area contributed by atoms with Crippen LogP contribution in [0.4, 0.5) is 0 Å². The van der Waals surface area contributed by atoms with Crippen LogP contribution < -0.4 is 0 Å². The zero-order chi connectivity index (χ0) is 9.80. The lowest BCUT2D eigenvalue weighted by atomic mass is 9.87. The number of nitrogens with zero attached hydrogens (tertiary/aromatic N) is 2. The van der Waals surface area contributed by atoms with Crippen LogP contribution in [-0.2, 0) is 9.57 Å². The normalized spacial score (nSPS) is 33.6. The fourth-order valence-electron chi connectivity index (χ4n) is 2.14. The predicted molar refractivity (Wildman–Crippen MR) is 54.4 cm³/mol. The summed E-state index contributed by atoms with van der Waals surface area (Å²) in [6.45, 7) is 4.67. The fraction of sp³-hybridized carbons (Fsp3) is 0.900. The van der Waals surface area contributed by atoms with E-state index in [0.717, 1.165) is 6.54 Å². The lowest BCUT2D eigenvalue weighted by molar-refractivity contribution is 0.0707. The van der Waals surface area contributed by atoms with E-state index in [9.17, 15) is 0 Å². The van der Waals surface area contributed by atoms with E-state index in [1.807, 2.05) is 0 Å². The minimum Gasteiger partial charge on any atom is -0.393 e. The second-order valence-corrected chi connectivity index (χ2v) is 3.96. The molecule has 0 spiro atoms. The van der Waals surface area contributed by atoms with Crippen LogP contribution in [0.3, 0.4) is 0 Å². The number of rotatable bonds is 4. The lowest BCUT2D eigenvalue weighted by Crippen LogP contribution is -2.47. The average molecular weight is 198 g/mol. The van der Waals surface area contributed by atoms with Crippen molar-refractivity contribution in [3.63, 3.8) is 0 Å². The van der Waals surface area contributed by atoms with Crippen LogP contribution in [0.25, 0.3) is 0 Å². The summed E-state index contributed by atoms with van der Waals surface area (Å²) < 4.78 is 4.89. The summed E-state index contributed by atoms with van der Waals surface area (Å²) in [5.74, 6) is 0.683. The van der Waals surface area contributed by atoms with Gasteiger partial charge >= 0.3 is 0 Å². The van der Waals surface area contributed by atoms with Crippen molar-refractivity contribution in [2.45, 2.75) is 12.8 Å². The quantitative estimate of drug-likeness (QED) is 0.493. The molecule has 0 aromatic carbocycles. The van der Waals surface area contributed by atoms with Crippen molar-refractivity contribution in [1.82, 2.24) is 4.90 Å². The Hall–Kier alpha value is -0.610. The molecule has 4 nitrogen and oxygen atoms in total. The summed E-state index contributed by atoms with van der Waals surface area (Å²) in [6.07, 6.45) is 2.51. The zero-order valence-corrected chi connectivity index (χ0v) is 8.74. The van der Waals surface area contributed by atoms with Crippen molar-refractivity contribution >= 4 is 5.71 Å². The molecule has 3 saturated heterocycles. The molecule has 3 aliphatic rings. The maximum atomic E-state index is 5.20. The summed E-state index contributed by atoms with van der Waals surface area (Å²) in [6, 6.07) is 0. The van der Waals surface area contributed by atoms with Gasteiger partial charge in [-0.1, -0.05) is 5.16 Å². The molecule has 2 bridgehead atoms. The number of hydrogen-bond donors (Lipinski definition) is 0. The second kappa shape index (κ2) is 4.75. The van der Waals surface area contributed by atoms with Crippen LogP contribution in [0.5, 0.6) is 0 Å². The topological polar surface area (TPSA) is 34.1 Å². The molecule has 0 N–H and O–H groups in total. The molecule has 4 heteroatoms. The SMILES string of the molecule is COCCON=C1CN2CCC1CC2. The van der Waals surface area contributed by atoms with E-state index < -0.39 is 0 Å². The Morgan fingerprint density at radius 3 is 2.71 bits per heavy atom. The van der Waals surface area contributed by atoms with Crippen LogP contribution in [0.1, 0.15) is 12.8 Å². The Morgan fingerprint density at radius 1 is 1.36 bits per heavy atom. The molecule has 14 heavy (non-hydrogen) atoms. The molecule has 3 rings (SSSR count). The van der Waals surface area contributed by atoms with Gasteiger partial charge in [-0.25, -0.2) is 0 Å². The predicted octanol–water partition coefficient (Wildman–Crippen LogP) is 0.731. The van der Waals surface area contributed by atoms with Gasteiger partial charge < -0.3 is 9.57 Å². The maximum absolute atomic E-state index is 5.20. The molecule has 0 atom stereocenters. The van der Waals surface area contributed by atoms with Crippen molar-refractivity contribution in [3.8, 4) is 0 Å². The number of hydrogen-bond acceptors (Lipinski definition) is 4. The summed E-state index contributed by atoms with van der Waals surface area (Å²) in [5.41, 5.74) is 1.23. The minimum absolute atomic E-state index is 0.562. The van der Waals surface area contributed by atoms with E-state index in [-0.39, 0.29) is 0 Å². The number of methoxy groups -OCH3 is 1. The van der Waals surface area contributed by atoms with Gasteiger partial charge in [0, 0.05) is 19.6 Å². The first kappa shape index (κ1) is 9.93. The third-order valence-corrected chi connectivity index (χ3v) is 3.00. The van der Waals surface area contributed by atoms with Gasteiger partial charge in [0.1, 0.15) is 6.61 Å². The molecule has 0 unspecified atom stereocenters. The molecular formula is C10H18N2O2. The summed E-state index contributed by atoms with van der Waals surface area (Å²) in [4.78, 5) is 7.65. The van der Waals surface area contributed by atoms with E-state index >= 15 is 0 Å². The lowest BCUT2D eigenvalue weighted by Gasteiger charge is -2.39. The standard InChI is InChI=1S/C10H18N2O2/c1-13-6-7-14-11-10-8-12-4-2-9(10)3-5-12/h9H,2-8H2,1H3. The Kier molecular flexibility index (Phi) is 3.37.